The second-order valence-corrected chi connectivity index (χ2v) is 8.89. The third-order valence-corrected chi connectivity index (χ3v) is 3.85. The van der Waals surface area contributed by atoms with Crippen molar-refractivity contribution < 1.29 is 23.8 Å². The molecule has 9 nitrogen and oxygen atoms in total. The molecule has 0 bridgehead atoms. The fourth-order valence-electron chi connectivity index (χ4n) is 2.66. The Balaban J connectivity index is 2.82. The first-order valence-corrected chi connectivity index (χ1v) is 10.3. The fourth-order valence-corrected chi connectivity index (χ4v) is 2.66. The highest BCUT2D eigenvalue weighted by Crippen LogP contribution is 2.26. The number of hydrogen-bond acceptors (Lipinski definition) is 6. The molecule has 3 N–H and O–H groups in total. The molecular weight excluding hydrogens is 400 g/mol. The number of carbonyl (C=O) groups excluding carboxylic acids is 2. The molecule has 1 aromatic rings. The minimum absolute atomic E-state index is 0.0989. The van der Waals surface area contributed by atoms with Crippen molar-refractivity contribution in [2.75, 3.05) is 25.1 Å². The average Bonchev–Trinajstić information content (AvgIpc) is 2.59. The fraction of sp³-hybridized carbons (Fsp3) is 0.591. The van der Waals surface area contributed by atoms with Crippen LogP contribution in [0.3, 0.4) is 0 Å². The van der Waals surface area contributed by atoms with Crippen molar-refractivity contribution in [2.45, 2.75) is 66.1 Å². The molecule has 0 heterocycles. The number of benzene rings is 1. The summed E-state index contributed by atoms with van der Waals surface area (Å²) < 4.78 is 15.9. The highest BCUT2D eigenvalue weighted by Gasteiger charge is 2.20. The molecule has 174 valence electrons. The molecule has 0 spiro atoms. The molecule has 0 radical (unpaired) electrons. The lowest BCUT2D eigenvalue weighted by atomic mass is 10.1. The monoisotopic (exact) mass is 436 g/mol. The van der Waals surface area contributed by atoms with Crippen LogP contribution in [0.15, 0.2) is 18.2 Å². The molecule has 31 heavy (non-hydrogen) atoms. The van der Waals surface area contributed by atoms with Gasteiger partial charge >= 0.3 is 12.2 Å². The van der Waals surface area contributed by atoms with Gasteiger partial charge in [-0.3, -0.25) is 10.7 Å². The minimum Gasteiger partial charge on any atom is -0.496 e. The van der Waals surface area contributed by atoms with E-state index < -0.39 is 23.4 Å². The number of methoxy groups -OCH3 is 1. The molecule has 0 aliphatic rings. The van der Waals surface area contributed by atoms with Gasteiger partial charge in [0.2, 0.25) is 5.96 Å². The quantitative estimate of drug-likeness (QED) is 0.458. The van der Waals surface area contributed by atoms with E-state index in [9.17, 15) is 9.59 Å². The van der Waals surface area contributed by atoms with Gasteiger partial charge in [0.15, 0.2) is 0 Å². The number of alkyl carbamates (subject to hydrolysis) is 2. The molecule has 2 amide bonds. The number of ether oxygens (including phenoxy) is 3. The van der Waals surface area contributed by atoms with Crippen LogP contribution in [-0.2, 0) is 15.9 Å². The second-order valence-electron chi connectivity index (χ2n) is 8.89. The summed E-state index contributed by atoms with van der Waals surface area (Å²) in [6, 6.07) is 5.49. The number of hydrogen-bond donors (Lipinski definition) is 3. The SMILES string of the molecule is CCN(C(=N)NC(=O)OC(C)(C)C)c1ccc(CCNC(=O)OC(C)(C)C)c(OC)c1. The molecule has 1 rings (SSSR count). The van der Waals surface area contributed by atoms with E-state index >= 15 is 0 Å². The van der Waals surface area contributed by atoms with Gasteiger partial charge in [0, 0.05) is 24.8 Å². The van der Waals surface area contributed by atoms with Crippen molar-refractivity contribution in [3.05, 3.63) is 23.8 Å². The van der Waals surface area contributed by atoms with Gasteiger partial charge in [0.05, 0.1) is 7.11 Å². The zero-order valence-electron chi connectivity index (χ0n) is 19.8. The number of anilines is 1. The van der Waals surface area contributed by atoms with Crippen molar-refractivity contribution in [1.29, 1.82) is 5.41 Å². The Bertz CT molecular complexity index is 781. The topological polar surface area (TPSA) is 113 Å². The van der Waals surface area contributed by atoms with Gasteiger partial charge in [-0.25, -0.2) is 9.59 Å². The van der Waals surface area contributed by atoms with Crippen LogP contribution in [0.25, 0.3) is 0 Å². The molecule has 9 heteroatoms. The summed E-state index contributed by atoms with van der Waals surface area (Å²) >= 11 is 0. The Labute approximate surface area is 184 Å². The number of nitrogens with zero attached hydrogens (tertiary/aromatic N) is 1. The predicted octanol–water partition coefficient (Wildman–Crippen LogP) is 4.05. The lowest BCUT2D eigenvalue weighted by Crippen LogP contribution is -2.45. The first-order chi connectivity index (χ1) is 14.3. The molecule has 0 aliphatic heterocycles. The number of guanidine groups is 1. The Morgan fingerprint density at radius 3 is 2.13 bits per heavy atom. The number of amides is 2. The molecule has 0 unspecified atom stereocenters. The van der Waals surface area contributed by atoms with Crippen molar-refractivity contribution in [1.82, 2.24) is 10.6 Å². The third kappa shape index (κ3) is 9.59. The van der Waals surface area contributed by atoms with Crippen LogP contribution in [-0.4, -0.2) is 49.5 Å². The van der Waals surface area contributed by atoms with E-state index in [0.717, 1.165) is 5.56 Å². The maximum Gasteiger partial charge on any atom is 0.414 e. The predicted molar refractivity (Wildman–Crippen MR) is 121 cm³/mol. The smallest absolute Gasteiger partial charge is 0.414 e. The second kappa shape index (κ2) is 10.9. The van der Waals surface area contributed by atoms with Gasteiger partial charge in [-0.2, -0.15) is 0 Å². The molecule has 0 atom stereocenters. The zero-order chi connectivity index (χ0) is 23.8. The summed E-state index contributed by atoms with van der Waals surface area (Å²) in [6.07, 6.45) is -0.614. The molecular formula is C22H36N4O5. The summed E-state index contributed by atoms with van der Waals surface area (Å²) in [5, 5.41) is 13.4. The van der Waals surface area contributed by atoms with Crippen LogP contribution in [0.2, 0.25) is 0 Å². The highest BCUT2D eigenvalue weighted by atomic mass is 16.6. The van der Waals surface area contributed by atoms with Gasteiger partial charge in [-0.1, -0.05) is 6.07 Å². The van der Waals surface area contributed by atoms with Crippen molar-refractivity contribution in [2.24, 2.45) is 0 Å². The van der Waals surface area contributed by atoms with E-state index in [1.807, 2.05) is 39.8 Å². The Morgan fingerprint density at radius 1 is 1.03 bits per heavy atom. The van der Waals surface area contributed by atoms with Gasteiger partial charge in [-0.15, -0.1) is 0 Å². The largest absolute Gasteiger partial charge is 0.496 e. The average molecular weight is 437 g/mol. The summed E-state index contributed by atoms with van der Waals surface area (Å²) in [4.78, 5) is 25.4. The van der Waals surface area contributed by atoms with E-state index in [1.54, 1.807) is 38.8 Å². The summed E-state index contributed by atoms with van der Waals surface area (Å²) in [5.74, 6) is 0.519. The highest BCUT2D eigenvalue weighted by molar-refractivity contribution is 6.02. The lowest BCUT2D eigenvalue weighted by Gasteiger charge is -2.26. The standard InChI is InChI=1S/C22H36N4O5/c1-9-26(18(23)25-20(28)31-22(5,6)7)16-11-10-15(17(14-16)29-8)12-13-24-19(27)30-21(2,3)4/h10-11,14H,9,12-13H2,1-8H3,(H,24,27)(H2,23,25,28). The molecule has 0 aliphatic carbocycles. The van der Waals surface area contributed by atoms with E-state index in [2.05, 4.69) is 10.6 Å². The Morgan fingerprint density at radius 2 is 1.61 bits per heavy atom. The molecule has 0 aromatic heterocycles. The maximum absolute atomic E-state index is 12.0. The van der Waals surface area contributed by atoms with Crippen LogP contribution < -0.4 is 20.3 Å². The Hall–Kier alpha value is -2.97. The molecule has 0 fully saturated rings. The number of carbonyl (C=O) groups is 2. The minimum atomic E-state index is -0.687. The molecule has 1 aromatic carbocycles. The van der Waals surface area contributed by atoms with Crippen LogP contribution >= 0.6 is 0 Å². The van der Waals surface area contributed by atoms with Crippen molar-refractivity contribution in [3.63, 3.8) is 0 Å². The third-order valence-electron chi connectivity index (χ3n) is 3.85. The Kier molecular flexibility index (Phi) is 9.15. The zero-order valence-corrected chi connectivity index (χ0v) is 19.8. The van der Waals surface area contributed by atoms with Gasteiger partial charge in [0.25, 0.3) is 0 Å². The van der Waals surface area contributed by atoms with Crippen LogP contribution in [0.4, 0.5) is 15.3 Å². The maximum atomic E-state index is 12.0. The van der Waals surface area contributed by atoms with Crippen LogP contribution in [0.5, 0.6) is 5.75 Å². The van der Waals surface area contributed by atoms with E-state index in [4.69, 9.17) is 19.6 Å². The molecule has 0 saturated heterocycles. The van der Waals surface area contributed by atoms with Crippen LogP contribution in [0.1, 0.15) is 54.0 Å². The first-order valence-electron chi connectivity index (χ1n) is 10.3. The first kappa shape index (κ1) is 26.1. The van der Waals surface area contributed by atoms with Gasteiger partial charge < -0.3 is 24.4 Å². The lowest BCUT2D eigenvalue weighted by molar-refractivity contribution is 0.0524. The van der Waals surface area contributed by atoms with E-state index in [1.165, 1.54) is 0 Å². The molecule has 0 saturated carbocycles. The summed E-state index contributed by atoms with van der Waals surface area (Å²) in [6.45, 7) is 13.4. The van der Waals surface area contributed by atoms with Gasteiger partial charge in [-0.05, 0) is 66.5 Å². The van der Waals surface area contributed by atoms with Crippen molar-refractivity contribution >= 4 is 23.8 Å². The summed E-state index contributed by atoms with van der Waals surface area (Å²) in [5.41, 5.74) is 0.374. The number of rotatable bonds is 6. The van der Waals surface area contributed by atoms with E-state index in [0.29, 0.717) is 30.9 Å². The number of nitrogens with one attached hydrogen (secondary N) is 3. The van der Waals surface area contributed by atoms with Gasteiger partial charge in [0.1, 0.15) is 17.0 Å². The summed E-state index contributed by atoms with van der Waals surface area (Å²) in [7, 11) is 1.56. The van der Waals surface area contributed by atoms with Crippen LogP contribution in [0, 0.1) is 5.41 Å². The van der Waals surface area contributed by atoms with E-state index in [-0.39, 0.29) is 5.96 Å². The van der Waals surface area contributed by atoms with Crippen molar-refractivity contribution in [3.8, 4) is 5.75 Å². The normalized spacial score (nSPS) is 11.4.